The average molecular weight is 1690 g/mol. The Balaban J connectivity index is 0.000000388. The molecule has 6 rings (SSSR count). The highest BCUT2D eigenvalue weighted by molar-refractivity contribution is 7.82. The number of aromatic nitrogens is 1. The SMILES string of the molecule is CC(Cc1ccc(OS(=O)(=O)O)cc1)C(=O)O.CN(CCC(Cc1ccc(OS(=O)(=O)O)cc1)C(=O)O)OS(=O)(=O)O.O=C(O)C(CCCCCCc1cc[n+](OS(=O)(=O)O)cc1)CC1CC(=O)N(OS(=O)(=O)O)C1=O.O=C(O)C(CCCCCCc1ccc(OS(=O)(=O)O)cc1)Cc1ccc(OS(=O)(=O)O)cc1. The number of carboxylic acids is 4. The summed E-state index contributed by atoms with van der Waals surface area (Å²) < 4.78 is 239. The molecule has 4 aromatic carbocycles. The minimum absolute atomic E-state index is 0.0185. The first kappa shape index (κ1) is 94.5. The number of carbonyl (C=O) groups excluding carboxylic acids is 2. The Morgan fingerprint density at radius 1 is 0.431 bits per heavy atom. The number of hydrogen-bond donors (Lipinski definition) is 11. The van der Waals surface area contributed by atoms with Crippen LogP contribution in [0.15, 0.2) is 122 Å². The second-order valence-electron chi connectivity index (χ2n) is 23.9. The Bertz CT molecular complexity index is 4650. The zero-order valence-corrected chi connectivity index (χ0v) is 63.2. The number of aliphatic carboxylic acids is 4. The molecule has 0 radical (unpaired) electrons. The number of aryl methyl sites for hydroxylation is 2. The maximum atomic E-state index is 12.2. The van der Waals surface area contributed by atoms with Crippen LogP contribution in [0.5, 0.6) is 23.0 Å². The van der Waals surface area contributed by atoms with Gasteiger partial charge in [0, 0.05) is 36.9 Å². The first-order chi connectivity index (χ1) is 50.3. The maximum absolute atomic E-state index is 12.2. The predicted octanol–water partition coefficient (Wildman–Crippen LogP) is 4.68. The third-order valence-corrected chi connectivity index (χ3v) is 17.8. The summed E-state index contributed by atoms with van der Waals surface area (Å²) in [6.45, 7) is 1.49. The molecule has 1 aliphatic rings. The lowest BCUT2D eigenvalue weighted by molar-refractivity contribution is -0.857. The quantitative estimate of drug-likeness (QED) is 0.00829. The third kappa shape index (κ3) is 43.3. The summed E-state index contributed by atoms with van der Waals surface area (Å²) in [4.78, 5) is 69.0. The van der Waals surface area contributed by atoms with E-state index >= 15 is 0 Å². The molecule has 48 heteroatoms. The highest BCUT2D eigenvalue weighted by Gasteiger charge is 2.44. The Morgan fingerprint density at radius 3 is 1.11 bits per heavy atom. The molecule has 2 heterocycles. The lowest BCUT2D eigenvalue weighted by Gasteiger charge is -2.17. The van der Waals surface area contributed by atoms with Gasteiger partial charge in [-0.15, -0.1) is 13.6 Å². The Labute approximate surface area is 627 Å². The van der Waals surface area contributed by atoms with Crippen LogP contribution in [0, 0.1) is 29.6 Å². The smallest absolute Gasteiger partial charge is 0.481 e. The molecule has 41 nitrogen and oxygen atoms in total. The van der Waals surface area contributed by atoms with Gasteiger partial charge in [-0.25, -0.2) is 0 Å². The summed E-state index contributed by atoms with van der Waals surface area (Å²) in [6, 6.07) is 26.5. The van der Waals surface area contributed by atoms with Crippen molar-refractivity contribution in [2.24, 2.45) is 29.6 Å². The number of unbranched alkanes of at least 4 members (excludes halogenated alkanes) is 6. The monoisotopic (exact) mass is 1690 g/mol. The number of nitrogens with zero attached hydrogens (tertiary/aromatic N) is 3. The minimum atomic E-state index is -5.07. The summed E-state index contributed by atoms with van der Waals surface area (Å²) in [5.74, 6) is -10.2. The van der Waals surface area contributed by atoms with Crippen molar-refractivity contribution in [1.82, 2.24) is 10.1 Å². The summed E-state index contributed by atoms with van der Waals surface area (Å²) in [5.41, 5.74) is 3.89. The van der Waals surface area contributed by atoms with Crippen molar-refractivity contribution in [2.45, 2.75) is 122 Å². The van der Waals surface area contributed by atoms with Crippen LogP contribution in [0.25, 0.3) is 0 Å². The summed E-state index contributed by atoms with van der Waals surface area (Å²) in [6.07, 6.45) is 11.2. The molecule has 5 unspecified atom stereocenters. The van der Waals surface area contributed by atoms with Gasteiger partial charge in [0.15, 0.2) is 0 Å². The summed E-state index contributed by atoms with van der Waals surface area (Å²) in [7, 11) is -31.4. The largest absolute Gasteiger partial charge is 0.500 e. The molecular weight excluding hydrogens is 1610 g/mol. The van der Waals surface area contributed by atoms with Crippen LogP contribution in [0.3, 0.4) is 0 Å². The number of benzene rings is 4. The van der Waals surface area contributed by atoms with E-state index in [0.29, 0.717) is 49.7 Å². The van der Waals surface area contributed by atoms with Crippen LogP contribution >= 0.6 is 0 Å². The summed E-state index contributed by atoms with van der Waals surface area (Å²) >= 11 is 0. The minimum Gasteiger partial charge on any atom is -0.481 e. The fourth-order valence-electron chi connectivity index (χ4n) is 10.0. The topological polar surface area (TPSA) is 639 Å². The van der Waals surface area contributed by atoms with Crippen LogP contribution < -0.4 is 25.7 Å². The average Bonchev–Trinajstić information content (AvgIpc) is 1.68. The number of amides is 2. The standard InChI is InChI=1S/C21H26O10S2.C18H24N2O12S2.C12H17NO10S2.C10H12O6S/c22-21(23)18(15-17-9-13-20(14-10-17)31-33(27,28)29)6-4-2-1-3-5-16-7-11-19(12-8-16)30-32(24,25)26;21-16-12-15(17(22)20(16)32-34(28,29)30)11-14(18(23)24)6-4-2-1-3-5-13-7-9-19(10-8-13)31-33(25,26)27;1-13(23-25(19,20)21)7-6-10(12(14)15)8-9-2-4-11(5-3-9)22-24(16,17)18;1-7(10(11)12)6-8-2-4-9(5-3-8)16-17(13,14)15/h7-14,18H,1-6,15H2,(H,22,23)(H,24,25,26)(H,27,28,29);7-10,14-15H,1-6,11-12H2,(H2-,23,24,25,26,27,28,29,30);2-5,10H,6-8H2,1H3,(H,14,15)(H,16,17,18)(H,19,20,21);2-5,7H,6H2,1H3,(H,11,12)(H,13,14,15)/p+1. The molecule has 608 valence electrons. The van der Waals surface area contributed by atoms with E-state index < -0.39 is 144 Å². The van der Waals surface area contributed by atoms with Crippen LogP contribution in [0.2, 0.25) is 0 Å². The number of imide groups is 1. The van der Waals surface area contributed by atoms with E-state index in [1.54, 1.807) is 55.5 Å². The van der Waals surface area contributed by atoms with Crippen molar-refractivity contribution in [3.63, 3.8) is 0 Å². The Hall–Kier alpha value is -8.70. The lowest BCUT2D eigenvalue weighted by Crippen LogP contribution is -2.44. The predicted molar refractivity (Wildman–Crippen MR) is 371 cm³/mol. The van der Waals surface area contributed by atoms with Crippen molar-refractivity contribution >= 4 is 108 Å². The van der Waals surface area contributed by atoms with E-state index in [9.17, 15) is 103 Å². The molecule has 2 amide bonds. The van der Waals surface area contributed by atoms with Gasteiger partial charge in [0.2, 0.25) is 12.4 Å². The molecule has 0 saturated carbocycles. The molecule has 5 aromatic rings. The van der Waals surface area contributed by atoms with Gasteiger partial charge in [-0.3, -0.25) is 60.6 Å². The lowest BCUT2D eigenvalue weighted by atomic mass is 9.89. The van der Waals surface area contributed by atoms with Crippen molar-refractivity contribution < 1.29 is 174 Å². The van der Waals surface area contributed by atoms with E-state index in [1.165, 1.54) is 80.1 Å². The summed E-state index contributed by atoms with van der Waals surface area (Å²) in [5, 5.41) is 37.6. The first-order valence-corrected chi connectivity index (χ1v) is 41.4. The van der Waals surface area contributed by atoms with Gasteiger partial charge >= 0.3 is 96.7 Å². The zero-order chi connectivity index (χ0) is 82.3. The molecular formula is C61H80N3O38S7+. The second-order valence-corrected chi connectivity index (χ2v) is 31.0. The Kier molecular flexibility index (Phi) is 37.8. The maximum Gasteiger partial charge on any atom is 0.500 e. The van der Waals surface area contributed by atoms with Gasteiger partial charge in [0.1, 0.15) is 23.0 Å². The number of pyridine rings is 1. The third-order valence-electron chi connectivity index (χ3n) is 15.0. The van der Waals surface area contributed by atoms with Gasteiger partial charge in [0.05, 0.1) is 29.6 Å². The first-order valence-electron chi connectivity index (χ1n) is 31.8. The van der Waals surface area contributed by atoms with Crippen molar-refractivity contribution in [3.05, 3.63) is 149 Å². The van der Waals surface area contributed by atoms with Crippen LogP contribution in [0.4, 0.5) is 0 Å². The normalized spacial score (nSPS) is 14.6. The van der Waals surface area contributed by atoms with Crippen LogP contribution in [-0.2, 0) is 142 Å². The van der Waals surface area contributed by atoms with Crippen molar-refractivity contribution in [1.29, 1.82) is 0 Å². The molecule has 1 aliphatic heterocycles. The highest BCUT2D eigenvalue weighted by atomic mass is 32.3. The van der Waals surface area contributed by atoms with Gasteiger partial charge in [-0.05, 0) is 147 Å². The number of rotatable bonds is 43. The Morgan fingerprint density at radius 2 is 0.771 bits per heavy atom. The van der Waals surface area contributed by atoms with Crippen molar-refractivity contribution in [2.75, 3.05) is 13.6 Å². The van der Waals surface area contributed by atoms with E-state index in [2.05, 4.69) is 29.6 Å². The number of hydroxylamine groups is 4. The van der Waals surface area contributed by atoms with Crippen molar-refractivity contribution in [3.8, 4) is 23.0 Å². The molecule has 1 fully saturated rings. The highest BCUT2D eigenvalue weighted by Crippen LogP contribution is 2.30. The molecule has 11 N–H and O–H groups in total. The molecule has 1 aromatic heterocycles. The van der Waals surface area contributed by atoms with Gasteiger partial charge < -0.3 is 37.2 Å². The van der Waals surface area contributed by atoms with Gasteiger partial charge in [0.25, 0.3) is 11.8 Å². The van der Waals surface area contributed by atoms with Gasteiger partial charge in [-0.2, -0.15) is 68.3 Å². The van der Waals surface area contributed by atoms with Crippen LogP contribution in [-0.4, -0.2) is 171 Å². The van der Waals surface area contributed by atoms with E-state index in [4.69, 9.17) is 37.0 Å². The second kappa shape index (κ2) is 43.6. The van der Waals surface area contributed by atoms with E-state index in [-0.39, 0.29) is 60.3 Å². The van der Waals surface area contributed by atoms with E-state index in [0.717, 1.165) is 71.4 Å². The molecule has 0 bridgehead atoms. The molecule has 5 atom stereocenters. The number of carboxylic acid groups (broad SMARTS) is 4. The molecule has 0 aliphatic carbocycles. The molecule has 109 heavy (non-hydrogen) atoms. The van der Waals surface area contributed by atoms with E-state index in [1.807, 2.05) is 0 Å². The zero-order valence-electron chi connectivity index (χ0n) is 57.5. The molecule has 1 saturated heterocycles. The fourth-order valence-corrected chi connectivity index (χ4v) is 12.5. The molecule has 0 spiro atoms. The number of hydrogen-bond acceptors (Lipinski definition) is 28. The fraction of sp³-hybridized carbons (Fsp3) is 0.426. The number of carbonyl (C=O) groups is 6. The van der Waals surface area contributed by atoms with Crippen LogP contribution in [0.1, 0.15) is 118 Å². The van der Waals surface area contributed by atoms with Gasteiger partial charge in [-0.1, -0.05) is 94.0 Å².